The van der Waals surface area contributed by atoms with E-state index in [4.69, 9.17) is 13.9 Å². The van der Waals surface area contributed by atoms with Gasteiger partial charge in [0.15, 0.2) is 6.61 Å². The van der Waals surface area contributed by atoms with Crippen LogP contribution in [0.3, 0.4) is 0 Å². The van der Waals surface area contributed by atoms with Crippen LogP contribution in [0.15, 0.2) is 77.2 Å². The topological polar surface area (TPSA) is 75.5 Å². The molecule has 0 bridgehead atoms. The Bertz CT molecular complexity index is 1110. The van der Waals surface area contributed by atoms with E-state index in [1.54, 1.807) is 9.80 Å². The maximum absolute atomic E-state index is 13.6. The van der Waals surface area contributed by atoms with Crippen molar-refractivity contribution in [3.8, 4) is 5.75 Å². The number of furan rings is 1. The van der Waals surface area contributed by atoms with Gasteiger partial charge in [-0.25, -0.2) is 0 Å². The number of hydrogen-bond acceptors (Lipinski definition) is 6. The van der Waals surface area contributed by atoms with Crippen molar-refractivity contribution in [3.05, 3.63) is 89.9 Å². The molecule has 1 aliphatic heterocycles. The number of nitrogens with zero attached hydrogens (tertiary/aromatic N) is 3. The Labute approximate surface area is 218 Å². The van der Waals surface area contributed by atoms with Gasteiger partial charge in [-0.05, 0) is 36.8 Å². The average molecular weight is 506 g/mol. The van der Waals surface area contributed by atoms with Crippen LogP contribution in [0.2, 0.25) is 0 Å². The molecule has 0 aliphatic carbocycles. The van der Waals surface area contributed by atoms with Gasteiger partial charge in [-0.15, -0.1) is 0 Å². The molecule has 4 rings (SSSR count). The molecule has 0 saturated carbocycles. The van der Waals surface area contributed by atoms with Gasteiger partial charge in [0.25, 0.3) is 5.91 Å². The third-order valence-electron chi connectivity index (χ3n) is 6.29. The monoisotopic (exact) mass is 505 g/mol. The van der Waals surface area contributed by atoms with Gasteiger partial charge in [-0.2, -0.15) is 0 Å². The molecule has 1 fully saturated rings. The molecule has 37 heavy (non-hydrogen) atoms. The molecule has 8 nitrogen and oxygen atoms in total. The number of aryl methyl sites for hydroxylation is 1. The Morgan fingerprint density at radius 3 is 2.24 bits per heavy atom. The van der Waals surface area contributed by atoms with Gasteiger partial charge in [0.2, 0.25) is 5.91 Å². The summed E-state index contributed by atoms with van der Waals surface area (Å²) < 4.78 is 16.9. The minimum Gasteiger partial charge on any atom is -0.484 e. The summed E-state index contributed by atoms with van der Waals surface area (Å²) in [4.78, 5) is 32.4. The molecule has 1 aromatic heterocycles. The van der Waals surface area contributed by atoms with E-state index in [9.17, 15) is 9.59 Å². The SMILES string of the molecule is Cc1ccc(CN(Cc2ccccc2)C(=O)CN(CCN2CCOCC2)C(=O)COc2ccccc2)o1. The van der Waals surface area contributed by atoms with Gasteiger partial charge >= 0.3 is 0 Å². The summed E-state index contributed by atoms with van der Waals surface area (Å²) in [5.41, 5.74) is 1.01. The summed E-state index contributed by atoms with van der Waals surface area (Å²) in [6.07, 6.45) is 0. The first kappa shape index (κ1) is 26.4. The Morgan fingerprint density at radius 2 is 1.57 bits per heavy atom. The van der Waals surface area contributed by atoms with E-state index in [0.29, 0.717) is 50.9 Å². The van der Waals surface area contributed by atoms with Crippen molar-refractivity contribution in [2.24, 2.45) is 0 Å². The molecule has 196 valence electrons. The van der Waals surface area contributed by atoms with Crippen molar-refractivity contribution >= 4 is 11.8 Å². The van der Waals surface area contributed by atoms with Crippen LogP contribution in [0.25, 0.3) is 0 Å². The van der Waals surface area contributed by atoms with Crippen LogP contribution in [0.4, 0.5) is 0 Å². The quantitative estimate of drug-likeness (QED) is 0.376. The van der Waals surface area contributed by atoms with Crippen molar-refractivity contribution in [1.29, 1.82) is 0 Å². The molecule has 0 atom stereocenters. The van der Waals surface area contributed by atoms with Crippen molar-refractivity contribution < 1.29 is 23.5 Å². The van der Waals surface area contributed by atoms with Gasteiger partial charge in [0, 0.05) is 32.7 Å². The molecule has 2 amide bonds. The third kappa shape index (κ3) is 8.48. The lowest BCUT2D eigenvalue weighted by molar-refractivity contribution is -0.142. The molecule has 8 heteroatoms. The van der Waals surface area contributed by atoms with Gasteiger partial charge < -0.3 is 23.7 Å². The highest BCUT2D eigenvalue weighted by molar-refractivity contribution is 5.85. The van der Waals surface area contributed by atoms with Gasteiger partial charge in [0.05, 0.1) is 26.3 Å². The number of hydrogen-bond donors (Lipinski definition) is 0. The number of amides is 2. The molecular formula is C29H35N3O5. The lowest BCUT2D eigenvalue weighted by Crippen LogP contribution is -2.48. The van der Waals surface area contributed by atoms with Gasteiger partial charge in [-0.3, -0.25) is 14.5 Å². The van der Waals surface area contributed by atoms with E-state index < -0.39 is 0 Å². The molecule has 0 unspecified atom stereocenters. The molecule has 1 saturated heterocycles. The first-order valence-electron chi connectivity index (χ1n) is 12.7. The molecule has 0 spiro atoms. The van der Waals surface area contributed by atoms with Gasteiger partial charge in [0.1, 0.15) is 17.3 Å². The van der Waals surface area contributed by atoms with Gasteiger partial charge in [-0.1, -0.05) is 48.5 Å². The molecule has 1 aliphatic rings. The van der Waals surface area contributed by atoms with Crippen molar-refractivity contribution in [2.75, 3.05) is 52.5 Å². The maximum Gasteiger partial charge on any atom is 0.261 e. The predicted molar refractivity (Wildman–Crippen MR) is 140 cm³/mol. The highest BCUT2D eigenvalue weighted by atomic mass is 16.5. The van der Waals surface area contributed by atoms with Crippen molar-refractivity contribution in [1.82, 2.24) is 14.7 Å². The normalized spacial score (nSPS) is 13.8. The summed E-state index contributed by atoms with van der Waals surface area (Å²) >= 11 is 0. The van der Waals surface area contributed by atoms with E-state index in [2.05, 4.69) is 4.90 Å². The average Bonchev–Trinajstić information content (AvgIpc) is 3.35. The number of carbonyl (C=O) groups excluding carboxylic acids is 2. The second-order valence-corrected chi connectivity index (χ2v) is 9.12. The Morgan fingerprint density at radius 1 is 0.865 bits per heavy atom. The minimum atomic E-state index is -0.223. The zero-order valence-corrected chi connectivity index (χ0v) is 21.4. The van der Waals surface area contributed by atoms with Crippen LogP contribution >= 0.6 is 0 Å². The van der Waals surface area contributed by atoms with E-state index in [1.807, 2.05) is 79.7 Å². The predicted octanol–water partition coefficient (Wildman–Crippen LogP) is 3.36. The van der Waals surface area contributed by atoms with Crippen molar-refractivity contribution in [3.63, 3.8) is 0 Å². The molecule has 3 aromatic rings. The minimum absolute atomic E-state index is 0.0339. The largest absolute Gasteiger partial charge is 0.484 e. The fourth-order valence-corrected chi connectivity index (χ4v) is 4.19. The second kappa shape index (κ2) is 13.6. The fourth-order valence-electron chi connectivity index (χ4n) is 4.19. The van der Waals surface area contributed by atoms with E-state index >= 15 is 0 Å². The van der Waals surface area contributed by atoms with E-state index in [-0.39, 0.29) is 25.0 Å². The van der Waals surface area contributed by atoms with Crippen LogP contribution in [-0.2, 0) is 27.4 Å². The van der Waals surface area contributed by atoms with E-state index in [1.165, 1.54) is 0 Å². The van der Waals surface area contributed by atoms with Crippen LogP contribution < -0.4 is 4.74 Å². The number of benzene rings is 2. The standard InChI is InChI=1S/C29H35N3O5/c1-24-12-13-27(37-24)21-32(20-25-8-4-2-5-9-25)28(33)22-31(15-14-30-16-18-35-19-17-30)29(34)23-36-26-10-6-3-7-11-26/h2-13H,14-23H2,1H3. The summed E-state index contributed by atoms with van der Waals surface area (Å²) in [6.45, 7) is 6.55. The Kier molecular flexibility index (Phi) is 9.74. The van der Waals surface area contributed by atoms with Crippen LogP contribution in [-0.4, -0.2) is 79.1 Å². The Balaban J connectivity index is 1.45. The number of morpholine rings is 1. The number of ether oxygens (including phenoxy) is 2. The third-order valence-corrected chi connectivity index (χ3v) is 6.29. The molecule has 0 radical (unpaired) electrons. The highest BCUT2D eigenvalue weighted by Crippen LogP contribution is 2.14. The molecule has 2 heterocycles. The molecule has 2 aromatic carbocycles. The summed E-state index contributed by atoms with van der Waals surface area (Å²) in [5, 5.41) is 0. The first-order valence-corrected chi connectivity index (χ1v) is 12.7. The highest BCUT2D eigenvalue weighted by Gasteiger charge is 2.24. The summed E-state index contributed by atoms with van der Waals surface area (Å²) in [7, 11) is 0. The Hall–Kier alpha value is -3.62. The first-order chi connectivity index (χ1) is 18.1. The van der Waals surface area contributed by atoms with Crippen molar-refractivity contribution in [2.45, 2.75) is 20.0 Å². The maximum atomic E-state index is 13.6. The summed E-state index contributed by atoms with van der Waals surface area (Å²) in [5.74, 6) is 1.75. The number of rotatable bonds is 12. The van der Waals surface area contributed by atoms with Crippen LogP contribution in [0, 0.1) is 6.92 Å². The van der Waals surface area contributed by atoms with E-state index in [0.717, 1.165) is 24.4 Å². The molecule has 0 N–H and O–H groups in total. The lowest BCUT2D eigenvalue weighted by atomic mass is 10.2. The zero-order valence-electron chi connectivity index (χ0n) is 21.4. The number of carbonyl (C=O) groups is 2. The summed E-state index contributed by atoms with van der Waals surface area (Å²) in [6, 6.07) is 22.8. The van der Waals surface area contributed by atoms with Crippen LogP contribution in [0.1, 0.15) is 17.1 Å². The second-order valence-electron chi connectivity index (χ2n) is 9.12. The fraction of sp³-hybridized carbons (Fsp3) is 0.379. The van der Waals surface area contributed by atoms with Crippen LogP contribution in [0.5, 0.6) is 5.75 Å². The molecular weight excluding hydrogens is 470 g/mol. The lowest BCUT2D eigenvalue weighted by Gasteiger charge is -2.31. The zero-order chi connectivity index (χ0) is 25.9. The number of para-hydroxylation sites is 1. The smallest absolute Gasteiger partial charge is 0.261 e.